The Hall–Kier alpha value is -1.15. The molecule has 0 fully saturated rings. The van der Waals surface area contributed by atoms with Gasteiger partial charge in [-0.05, 0) is 49.5 Å². The molecule has 2 heterocycles. The van der Waals surface area contributed by atoms with Gasteiger partial charge >= 0.3 is 6.18 Å². The smallest absolute Gasteiger partial charge is 0.311 e. The van der Waals surface area contributed by atoms with E-state index < -0.39 is 12.2 Å². The van der Waals surface area contributed by atoms with Crippen LogP contribution in [0, 0.1) is 0 Å². The maximum absolute atomic E-state index is 13.7. The van der Waals surface area contributed by atoms with Gasteiger partial charge in [0.2, 0.25) is 0 Å². The van der Waals surface area contributed by atoms with Gasteiger partial charge in [-0.2, -0.15) is 13.2 Å². The maximum atomic E-state index is 13.7. The lowest BCUT2D eigenvalue weighted by molar-refractivity contribution is -0.169. The van der Waals surface area contributed by atoms with Gasteiger partial charge in [0.15, 0.2) is 0 Å². The van der Waals surface area contributed by atoms with E-state index in [1.165, 1.54) is 37.4 Å². The highest BCUT2D eigenvalue weighted by Gasteiger charge is 2.44. The molecule has 0 aliphatic carbocycles. The van der Waals surface area contributed by atoms with Gasteiger partial charge in [-0.15, -0.1) is 0 Å². The van der Waals surface area contributed by atoms with Crippen LogP contribution in [0.3, 0.4) is 0 Å². The highest BCUT2D eigenvalue weighted by molar-refractivity contribution is 7.97. The third kappa shape index (κ3) is 3.91. The van der Waals surface area contributed by atoms with Crippen LogP contribution in [0.25, 0.3) is 0 Å². The number of fused-ring (bicyclic) bond motifs is 1. The Morgan fingerprint density at radius 1 is 1.23 bits per heavy atom. The fourth-order valence-electron chi connectivity index (χ4n) is 3.07. The average molecular weight is 423 g/mol. The molecule has 0 radical (unpaired) electrons. The molecule has 1 aliphatic heterocycles. The Balaban J connectivity index is 1.94. The summed E-state index contributed by atoms with van der Waals surface area (Å²) in [6, 6.07) is 4.96. The molecule has 0 N–H and O–H groups in total. The van der Waals surface area contributed by atoms with Crippen molar-refractivity contribution >= 4 is 35.1 Å². The Morgan fingerprint density at radius 2 is 1.88 bits per heavy atom. The third-order valence-corrected chi connectivity index (χ3v) is 6.02. The lowest BCUT2D eigenvalue weighted by Gasteiger charge is -2.29. The average Bonchev–Trinajstić information content (AvgIpc) is 3.03. The first-order valence-electron chi connectivity index (χ1n) is 7.83. The van der Waals surface area contributed by atoms with Gasteiger partial charge in [0, 0.05) is 28.2 Å². The second-order valence-electron chi connectivity index (χ2n) is 6.00. The minimum absolute atomic E-state index is 0.0610. The van der Waals surface area contributed by atoms with E-state index in [0.29, 0.717) is 33.6 Å². The molecule has 3 rings (SSSR count). The van der Waals surface area contributed by atoms with Crippen LogP contribution in [-0.2, 0) is 13.0 Å². The quantitative estimate of drug-likeness (QED) is 0.621. The Morgan fingerprint density at radius 3 is 2.50 bits per heavy atom. The molecule has 0 saturated heterocycles. The zero-order valence-electron chi connectivity index (χ0n) is 13.7. The number of halogens is 5. The van der Waals surface area contributed by atoms with Crippen LogP contribution in [-0.4, -0.2) is 22.1 Å². The molecule has 9 heteroatoms. The summed E-state index contributed by atoms with van der Waals surface area (Å²) in [4.78, 5) is 12.5. The monoisotopic (exact) mass is 422 g/mol. The highest BCUT2D eigenvalue weighted by atomic mass is 35.5. The standard InChI is InChI=1S/C17H15Cl2F3N2OS/c1-23(16(17(20,21)22)10-4-6-11(18)7-5-10)26-13-9-14(25)24-8-2-3-12(24)15(13)19/h4-7,9,16H,2-3,8H2,1H3. The predicted octanol–water partition coefficient (Wildman–Crippen LogP) is 5.34. The number of nitrogens with zero attached hydrogens (tertiary/aromatic N) is 2. The summed E-state index contributed by atoms with van der Waals surface area (Å²) in [5, 5.41) is 0.704. The van der Waals surface area contributed by atoms with E-state index in [1.807, 2.05) is 0 Å². The molecule has 2 aromatic rings. The molecule has 3 nitrogen and oxygen atoms in total. The number of benzene rings is 1. The van der Waals surface area contributed by atoms with Crippen molar-refractivity contribution in [1.82, 2.24) is 8.87 Å². The summed E-state index contributed by atoms with van der Waals surface area (Å²) >= 11 is 12.9. The molecule has 0 spiro atoms. The number of aromatic nitrogens is 1. The topological polar surface area (TPSA) is 25.2 Å². The Kier molecular flexibility index (Phi) is 5.63. The molecule has 1 aromatic heterocycles. The fraction of sp³-hybridized carbons (Fsp3) is 0.353. The first kappa shape index (κ1) is 19.6. The zero-order chi connectivity index (χ0) is 19.1. The zero-order valence-corrected chi connectivity index (χ0v) is 16.0. The molecular weight excluding hydrogens is 408 g/mol. The first-order chi connectivity index (χ1) is 12.2. The van der Waals surface area contributed by atoms with Crippen LogP contribution < -0.4 is 5.56 Å². The van der Waals surface area contributed by atoms with Crippen molar-refractivity contribution in [3.8, 4) is 0 Å². The summed E-state index contributed by atoms with van der Waals surface area (Å²) < 4.78 is 43.7. The number of rotatable bonds is 4. The molecule has 1 unspecified atom stereocenters. The first-order valence-corrected chi connectivity index (χ1v) is 9.36. The predicted molar refractivity (Wildman–Crippen MR) is 97.9 cm³/mol. The molecule has 0 amide bonds. The fourth-order valence-corrected chi connectivity index (χ4v) is 4.55. The molecule has 1 atom stereocenters. The minimum Gasteiger partial charge on any atom is -0.311 e. The number of alkyl halides is 3. The Labute approximate surface area is 162 Å². The third-order valence-electron chi connectivity index (χ3n) is 4.21. The van der Waals surface area contributed by atoms with E-state index in [4.69, 9.17) is 23.2 Å². The summed E-state index contributed by atoms with van der Waals surface area (Å²) in [5.41, 5.74) is 0.504. The van der Waals surface area contributed by atoms with Crippen molar-refractivity contribution in [2.45, 2.75) is 36.5 Å². The van der Waals surface area contributed by atoms with Crippen LogP contribution in [0.1, 0.15) is 23.7 Å². The van der Waals surface area contributed by atoms with Crippen molar-refractivity contribution < 1.29 is 13.2 Å². The van der Waals surface area contributed by atoms with Crippen LogP contribution in [0.4, 0.5) is 13.2 Å². The molecule has 140 valence electrons. The van der Waals surface area contributed by atoms with E-state index >= 15 is 0 Å². The van der Waals surface area contributed by atoms with Crippen molar-refractivity contribution in [3.63, 3.8) is 0 Å². The van der Waals surface area contributed by atoms with Crippen molar-refractivity contribution in [3.05, 3.63) is 62.0 Å². The highest BCUT2D eigenvalue weighted by Crippen LogP contribution is 2.43. The van der Waals surface area contributed by atoms with Gasteiger partial charge in [0.25, 0.3) is 5.56 Å². The summed E-state index contributed by atoms with van der Waals surface area (Å²) in [6.45, 7) is 0.588. The van der Waals surface area contributed by atoms with Gasteiger partial charge in [-0.3, -0.25) is 4.79 Å². The lowest BCUT2D eigenvalue weighted by atomic mass is 10.1. The molecule has 0 saturated carbocycles. The SMILES string of the molecule is CN(Sc1cc(=O)n2c(c1Cl)CCC2)C(c1ccc(Cl)cc1)C(F)(F)F. The van der Waals surface area contributed by atoms with Gasteiger partial charge in [0.1, 0.15) is 6.04 Å². The van der Waals surface area contributed by atoms with E-state index in [-0.39, 0.29) is 11.1 Å². The Bertz CT molecular complexity index is 868. The van der Waals surface area contributed by atoms with Gasteiger partial charge in [-0.1, -0.05) is 35.3 Å². The van der Waals surface area contributed by atoms with Crippen LogP contribution in [0.15, 0.2) is 40.0 Å². The van der Waals surface area contributed by atoms with Crippen LogP contribution >= 0.6 is 35.1 Å². The molecule has 1 aliphatic rings. The summed E-state index contributed by atoms with van der Waals surface area (Å²) in [5.74, 6) is 0. The maximum Gasteiger partial charge on any atom is 0.408 e. The number of hydrogen-bond donors (Lipinski definition) is 0. The van der Waals surface area contributed by atoms with Crippen molar-refractivity contribution in [1.29, 1.82) is 0 Å². The minimum atomic E-state index is -4.51. The second-order valence-corrected chi connectivity index (χ2v) is 8.01. The van der Waals surface area contributed by atoms with Crippen molar-refractivity contribution in [2.75, 3.05) is 7.05 Å². The van der Waals surface area contributed by atoms with Crippen LogP contribution in [0.2, 0.25) is 10.0 Å². The second kappa shape index (κ2) is 7.46. The largest absolute Gasteiger partial charge is 0.408 e. The van der Waals surface area contributed by atoms with E-state index in [2.05, 4.69) is 0 Å². The lowest BCUT2D eigenvalue weighted by Crippen LogP contribution is -2.32. The van der Waals surface area contributed by atoms with E-state index in [0.717, 1.165) is 22.7 Å². The number of hydrogen-bond acceptors (Lipinski definition) is 3. The van der Waals surface area contributed by atoms with Gasteiger partial charge in [0.05, 0.1) is 5.02 Å². The van der Waals surface area contributed by atoms with E-state index in [9.17, 15) is 18.0 Å². The normalized spacial score (nSPS) is 15.3. The molecule has 1 aromatic carbocycles. The van der Waals surface area contributed by atoms with Crippen LogP contribution in [0.5, 0.6) is 0 Å². The number of pyridine rings is 1. The molecule has 0 bridgehead atoms. The summed E-state index contributed by atoms with van der Waals surface area (Å²) in [6.07, 6.45) is -3.06. The summed E-state index contributed by atoms with van der Waals surface area (Å²) in [7, 11) is 1.33. The molecular formula is C17H15Cl2F3N2OS. The molecule has 26 heavy (non-hydrogen) atoms. The van der Waals surface area contributed by atoms with Gasteiger partial charge in [-0.25, -0.2) is 4.31 Å². The van der Waals surface area contributed by atoms with Crippen molar-refractivity contribution in [2.24, 2.45) is 0 Å². The van der Waals surface area contributed by atoms with Gasteiger partial charge < -0.3 is 4.57 Å². The van der Waals surface area contributed by atoms with E-state index in [1.54, 1.807) is 4.57 Å².